The Hall–Kier alpha value is -1.84. The number of carbonyl (C=O) groups excluding carboxylic acids is 1. The summed E-state index contributed by atoms with van der Waals surface area (Å²) >= 11 is 0. The van der Waals surface area contributed by atoms with E-state index in [2.05, 4.69) is 10.6 Å². The molecular weight excluding hydrogens is 219 g/mol. The highest BCUT2D eigenvalue weighted by Gasteiger charge is 2.02. The van der Waals surface area contributed by atoms with E-state index in [-0.39, 0.29) is 18.4 Å². The van der Waals surface area contributed by atoms with Gasteiger partial charge in [-0.2, -0.15) is 0 Å². The summed E-state index contributed by atoms with van der Waals surface area (Å²) in [5, 5.41) is 5.17. The van der Waals surface area contributed by atoms with Crippen molar-refractivity contribution in [3.05, 3.63) is 47.4 Å². The van der Waals surface area contributed by atoms with Gasteiger partial charge in [-0.15, -0.1) is 0 Å². The molecule has 1 aromatic carbocycles. The van der Waals surface area contributed by atoms with Gasteiger partial charge in [0.05, 0.1) is 0 Å². The third kappa shape index (κ3) is 4.68. The van der Waals surface area contributed by atoms with Gasteiger partial charge in [0.1, 0.15) is 5.82 Å². The van der Waals surface area contributed by atoms with Crippen LogP contribution in [0, 0.1) is 5.82 Å². The van der Waals surface area contributed by atoms with E-state index < -0.39 is 0 Å². The molecule has 4 heteroatoms. The highest BCUT2D eigenvalue weighted by molar-refractivity contribution is 5.74. The van der Waals surface area contributed by atoms with E-state index in [0.717, 1.165) is 12.0 Å². The monoisotopic (exact) mass is 236 g/mol. The summed E-state index contributed by atoms with van der Waals surface area (Å²) in [5.41, 5.74) is 1.55. The number of halogens is 1. The average Bonchev–Trinajstić information content (AvgIpc) is 2.35. The molecule has 2 amide bonds. The molecule has 0 aliphatic carbocycles. The second kappa shape index (κ2) is 6.68. The van der Waals surface area contributed by atoms with Crippen molar-refractivity contribution in [2.45, 2.75) is 26.8 Å². The largest absolute Gasteiger partial charge is 0.334 e. The Morgan fingerprint density at radius 1 is 1.41 bits per heavy atom. The lowest BCUT2D eigenvalue weighted by atomic mass is 10.2. The minimum Gasteiger partial charge on any atom is -0.334 e. The van der Waals surface area contributed by atoms with E-state index in [1.807, 2.05) is 13.8 Å². The zero-order valence-electron chi connectivity index (χ0n) is 10.1. The average molecular weight is 236 g/mol. The van der Waals surface area contributed by atoms with E-state index in [0.29, 0.717) is 5.56 Å². The third-order valence-corrected chi connectivity index (χ3v) is 2.40. The highest BCUT2D eigenvalue weighted by Crippen LogP contribution is 2.05. The van der Waals surface area contributed by atoms with Crippen LogP contribution in [0.2, 0.25) is 0 Å². The summed E-state index contributed by atoms with van der Waals surface area (Å²) < 4.78 is 13.2. The Bertz CT molecular complexity index is 416. The zero-order valence-corrected chi connectivity index (χ0v) is 10.1. The van der Waals surface area contributed by atoms with E-state index in [9.17, 15) is 9.18 Å². The summed E-state index contributed by atoms with van der Waals surface area (Å²) in [4.78, 5) is 11.4. The van der Waals surface area contributed by atoms with Gasteiger partial charge in [-0.25, -0.2) is 9.18 Å². The van der Waals surface area contributed by atoms with Crippen molar-refractivity contribution >= 4 is 6.03 Å². The van der Waals surface area contributed by atoms with Crippen LogP contribution in [0.5, 0.6) is 0 Å². The van der Waals surface area contributed by atoms with Gasteiger partial charge in [0, 0.05) is 18.3 Å². The fourth-order valence-corrected chi connectivity index (χ4v) is 1.16. The van der Waals surface area contributed by atoms with Gasteiger partial charge in [0.2, 0.25) is 0 Å². The topological polar surface area (TPSA) is 41.1 Å². The molecular formula is C13H17FN2O. The molecule has 2 N–H and O–H groups in total. The summed E-state index contributed by atoms with van der Waals surface area (Å²) in [6.45, 7) is 4.11. The summed E-state index contributed by atoms with van der Waals surface area (Å²) in [6.07, 6.45) is 2.53. The van der Waals surface area contributed by atoms with Crippen LogP contribution in [0.1, 0.15) is 25.8 Å². The van der Waals surface area contributed by atoms with Gasteiger partial charge in [-0.3, -0.25) is 0 Å². The second-order valence-corrected chi connectivity index (χ2v) is 3.76. The Morgan fingerprint density at radius 3 is 2.76 bits per heavy atom. The standard InChI is InChI=1S/C13H17FN2O/c1-3-10(2)8-15-13(17)16-9-11-6-4-5-7-12(11)14/h4-8H,3,9H2,1-2H3,(H2,15,16,17)/b10-8+. The molecule has 0 heterocycles. The minimum atomic E-state index is -0.332. The lowest BCUT2D eigenvalue weighted by Crippen LogP contribution is -2.32. The van der Waals surface area contributed by atoms with Gasteiger partial charge < -0.3 is 10.6 Å². The Morgan fingerprint density at radius 2 is 2.12 bits per heavy atom. The molecule has 0 saturated heterocycles. The first-order chi connectivity index (χ1) is 8.13. The van der Waals surface area contributed by atoms with Crippen molar-refractivity contribution in [2.24, 2.45) is 0 Å². The van der Waals surface area contributed by atoms with Gasteiger partial charge >= 0.3 is 6.03 Å². The number of allylic oxidation sites excluding steroid dienone is 1. The minimum absolute atomic E-state index is 0.178. The molecule has 0 spiro atoms. The summed E-state index contributed by atoms with van der Waals surface area (Å²) in [7, 11) is 0. The molecule has 0 aliphatic heterocycles. The quantitative estimate of drug-likeness (QED) is 0.829. The molecule has 0 bridgehead atoms. The fraction of sp³-hybridized carbons (Fsp3) is 0.308. The van der Waals surface area contributed by atoms with Crippen LogP contribution >= 0.6 is 0 Å². The van der Waals surface area contributed by atoms with Crippen LogP contribution in [0.25, 0.3) is 0 Å². The first kappa shape index (κ1) is 13.2. The molecule has 3 nitrogen and oxygen atoms in total. The number of carbonyl (C=O) groups is 1. The molecule has 92 valence electrons. The molecule has 0 unspecified atom stereocenters. The zero-order chi connectivity index (χ0) is 12.7. The number of rotatable bonds is 4. The van der Waals surface area contributed by atoms with Gasteiger partial charge in [-0.1, -0.05) is 30.7 Å². The number of urea groups is 1. The lowest BCUT2D eigenvalue weighted by molar-refractivity contribution is 0.243. The first-order valence-electron chi connectivity index (χ1n) is 5.57. The third-order valence-electron chi connectivity index (χ3n) is 2.40. The van der Waals surface area contributed by atoms with Crippen LogP contribution in [-0.4, -0.2) is 6.03 Å². The van der Waals surface area contributed by atoms with E-state index in [4.69, 9.17) is 0 Å². The number of benzene rings is 1. The smallest absolute Gasteiger partial charge is 0.319 e. The van der Waals surface area contributed by atoms with Crippen molar-refractivity contribution in [3.8, 4) is 0 Å². The Labute approximate surface area is 101 Å². The maximum atomic E-state index is 13.2. The van der Waals surface area contributed by atoms with Crippen LogP contribution in [-0.2, 0) is 6.54 Å². The van der Waals surface area contributed by atoms with Crippen molar-refractivity contribution in [1.82, 2.24) is 10.6 Å². The molecule has 0 radical (unpaired) electrons. The van der Waals surface area contributed by atoms with E-state index in [1.165, 1.54) is 6.07 Å². The van der Waals surface area contributed by atoms with Crippen molar-refractivity contribution in [2.75, 3.05) is 0 Å². The van der Waals surface area contributed by atoms with Gasteiger partial charge in [0.25, 0.3) is 0 Å². The predicted molar refractivity (Wildman–Crippen MR) is 65.8 cm³/mol. The summed E-state index contributed by atoms with van der Waals surface area (Å²) in [5.74, 6) is -0.312. The normalized spacial score (nSPS) is 11.1. The van der Waals surface area contributed by atoms with Crippen LogP contribution < -0.4 is 10.6 Å². The predicted octanol–water partition coefficient (Wildman–Crippen LogP) is 2.94. The molecule has 1 aromatic rings. The Kier molecular flexibility index (Phi) is 5.20. The fourth-order valence-electron chi connectivity index (χ4n) is 1.16. The number of amides is 2. The van der Waals surface area contributed by atoms with E-state index in [1.54, 1.807) is 24.4 Å². The van der Waals surface area contributed by atoms with Crippen molar-refractivity contribution < 1.29 is 9.18 Å². The summed E-state index contributed by atoms with van der Waals surface area (Å²) in [6, 6.07) is 6.03. The lowest BCUT2D eigenvalue weighted by Gasteiger charge is -2.06. The van der Waals surface area contributed by atoms with E-state index >= 15 is 0 Å². The molecule has 0 aliphatic rings. The maximum absolute atomic E-state index is 13.2. The molecule has 0 saturated carbocycles. The molecule has 1 rings (SSSR count). The van der Waals surface area contributed by atoms with Crippen LogP contribution in [0.4, 0.5) is 9.18 Å². The van der Waals surface area contributed by atoms with Crippen LogP contribution in [0.15, 0.2) is 36.0 Å². The first-order valence-corrected chi connectivity index (χ1v) is 5.57. The Balaban J connectivity index is 2.41. The van der Waals surface area contributed by atoms with Crippen molar-refractivity contribution in [3.63, 3.8) is 0 Å². The number of hydrogen-bond donors (Lipinski definition) is 2. The van der Waals surface area contributed by atoms with Crippen LogP contribution in [0.3, 0.4) is 0 Å². The van der Waals surface area contributed by atoms with Crippen molar-refractivity contribution in [1.29, 1.82) is 0 Å². The molecule has 0 aromatic heterocycles. The SMILES string of the molecule is CC/C(C)=C/NC(=O)NCc1ccccc1F. The maximum Gasteiger partial charge on any atom is 0.319 e. The highest BCUT2D eigenvalue weighted by atomic mass is 19.1. The second-order valence-electron chi connectivity index (χ2n) is 3.76. The molecule has 0 atom stereocenters. The van der Waals surface area contributed by atoms with Gasteiger partial charge in [0.15, 0.2) is 0 Å². The molecule has 17 heavy (non-hydrogen) atoms. The number of nitrogens with one attached hydrogen (secondary N) is 2. The molecule has 0 fully saturated rings. The number of hydrogen-bond acceptors (Lipinski definition) is 1. The van der Waals surface area contributed by atoms with Gasteiger partial charge in [-0.05, 0) is 19.4 Å².